The number of carbonyl (C=O) groups excluding carboxylic acids is 2. The van der Waals surface area contributed by atoms with Crippen molar-refractivity contribution >= 4 is 23.2 Å². The molecule has 1 N–H and O–H groups in total. The molecule has 0 aromatic carbocycles. The first kappa shape index (κ1) is 15.5. The Morgan fingerprint density at radius 3 is 3.05 bits per heavy atom. The summed E-state index contributed by atoms with van der Waals surface area (Å²) >= 11 is 1.84. The van der Waals surface area contributed by atoms with E-state index in [1.807, 2.05) is 11.3 Å². The molecular formula is C16H23N3O2S. The van der Waals surface area contributed by atoms with Gasteiger partial charge in [0.1, 0.15) is 0 Å². The van der Waals surface area contributed by atoms with Gasteiger partial charge in [-0.05, 0) is 36.8 Å². The predicted molar refractivity (Wildman–Crippen MR) is 86.7 cm³/mol. The van der Waals surface area contributed by atoms with E-state index >= 15 is 0 Å². The van der Waals surface area contributed by atoms with Crippen LogP contribution in [-0.4, -0.2) is 53.8 Å². The van der Waals surface area contributed by atoms with E-state index < -0.39 is 0 Å². The molecule has 1 saturated heterocycles. The summed E-state index contributed by atoms with van der Waals surface area (Å²) in [6.45, 7) is 5.74. The van der Waals surface area contributed by atoms with Crippen LogP contribution in [0.3, 0.4) is 0 Å². The summed E-state index contributed by atoms with van der Waals surface area (Å²) in [5.41, 5.74) is 1.43. The lowest BCUT2D eigenvalue weighted by Crippen LogP contribution is -2.46. The van der Waals surface area contributed by atoms with Crippen molar-refractivity contribution in [1.82, 2.24) is 15.1 Å². The number of fused-ring (bicyclic) bond motifs is 1. The summed E-state index contributed by atoms with van der Waals surface area (Å²) < 4.78 is 0. The van der Waals surface area contributed by atoms with Gasteiger partial charge in [-0.2, -0.15) is 0 Å². The molecule has 0 bridgehead atoms. The molecule has 120 valence electrons. The largest absolute Gasteiger partial charge is 0.353 e. The number of hydrogen-bond donors (Lipinski definition) is 1. The zero-order valence-corrected chi connectivity index (χ0v) is 13.8. The molecule has 2 aliphatic heterocycles. The molecule has 2 amide bonds. The summed E-state index contributed by atoms with van der Waals surface area (Å²) in [6.07, 6.45) is 2.56. The molecule has 0 aliphatic carbocycles. The molecule has 3 rings (SSSR count). The maximum atomic E-state index is 12.0. The average Bonchev–Trinajstić information content (AvgIpc) is 3.13. The van der Waals surface area contributed by atoms with Crippen LogP contribution in [0.1, 0.15) is 30.2 Å². The molecule has 1 fully saturated rings. The summed E-state index contributed by atoms with van der Waals surface area (Å²) in [6, 6.07) is 2.52. The molecule has 1 atom stereocenters. The van der Waals surface area contributed by atoms with Crippen LogP contribution in [0.2, 0.25) is 0 Å². The number of amides is 2. The van der Waals surface area contributed by atoms with E-state index in [1.165, 1.54) is 10.4 Å². The zero-order valence-electron chi connectivity index (χ0n) is 13.0. The zero-order chi connectivity index (χ0) is 15.5. The summed E-state index contributed by atoms with van der Waals surface area (Å²) in [5, 5.41) is 5.13. The van der Waals surface area contributed by atoms with Crippen molar-refractivity contribution in [3.63, 3.8) is 0 Å². The topological polar surface area (TPSA) is 52.7 Å². The smallest absolute Gasteiger partial charge is 0.239 e. The Kier molecular flexibility index (Phi) is 4.78. The van der Waals surface area contributed by atoms with Gasteiger partial charge in [0, 0.05) is 43.5 Å². The number of rotatable bonds is 5. The van der Waals surface area contributed by atoms with Gasteiger partial charge in [-0.25, -0.2) is 0 Å². The standard InChI is InChI=1S/C16H23N3O2S/c1-12(18-7-4-14-13(10-18)5-8-22-14)9-17-15(20)11-19-6-2-3-16(19)21/h5,8,12H,2-4,6-7,9-11H2,1H3,(H,17,20)/t12-/m1/s1. The van der Waals surface area contributed by atoms with E-state index in [0.29, 0.717) is 19.0 Å². The highest BCUT2D eigenvalue weighted by Crippen LogP contribution is 2.24. The van der Waals surface area contributed by atoms with E-state index in [-0.39, 0.29) is 18.4 Å². The van der Waals surface area contributed by atoms with Crippen LogP contribution in [0.15, 0.2) is 11.4 Å². The Bertz CT molecular complexity index is 557. The number of carbonyl (C=O) groups is 2. The van der Waals surface area contributed by atoms with Crippen LogP contribution >= 0.6 is 11.3 Å². The van der Waals surface area contributed by atoms with Crippen molar-refractivity contribution in [3.05, 3.63) is 21.9 Å². The van der Waals surface area contributed by atoms with Crippen LogP contribution in [0.5, 0.6) is 0 Å². The first-order chi connectivity index (χ1) is 10.6. The van der Waals surface area contributed by atoms with E-state index in [4.69, 9.17) is 0 Å². The minimum Gasteiger partial charge on any atom is -0.353 e. The Morgan fingerprint density at radius 1 is 1.41 bits per heavy atom. The van der Waals surface area contributed by atoms with Crippen LogP contribution in [0.25, 0.3) is 0 Å². The van der Waals surface area contributed by atoms with Gasteiger partial charge in [0.2, 0.25) is 11.8 Å². The van der Waals surface area contributed by atoms with E-state index in [1.54, 1.807) is 4.90 Å². The second-order valence-electron chi connectivity index (χ2n) is 6.16. The monoisotopic (exact) mass is 321 g/mol. The van der Waals surface area contributed by atoms with E-state index in [9.17, 15) is 9.59 Å². The third kappa shape index (κ3) is 3.50. The number of nitrogens with zero attached hydrogens (tertiary/aromatic N) is 2. The first-order valence-electron chi connectivity index (χ1n) is 7.97. The lowest BCUT2D eigenvalue weighted by molar-refractivity contribution is -0.133. The second-order valence-corrected chi connectivity index (χ2v) is 7.16. The highest BCUT2D eigenvalue weighted by molar-refractivity contribution is 7.10. The number of nitrogens with one attached hydrogen (secondary N) is 1. The van der Waals surface area contributed by atoms with Crippen molar-refractivity contribution in [2.75, 3.05) is 26.2 Å². The predicted octanol–water partition coefficient (Wildman–Crippen LogP) is 1.23. The molecular weight excluding hydrogens is 298 g/mol. The number of likely N-dealkylation sites (tertiary alicyclic amines) is 1. The van der Waals surface area contributed by atoms with Crippen LogP contribution in [0.4, 0.5) is 0 Å². The average molecular weight is 321 g/mol. The van der Waals surface area contributed by atoms with Gasteiger partial charge in [0.25, 0.3) is 0 Å². The Morgan fingerprint density at radius 2 is 2.27 bits per heavy atom. The van der Waals surface area contributed by atoms with Crippen molar-refractivity contribution < 1.29 is 9.59 Å². The van der Waals surface area contributed by atoms with Gasteiger partial charge >= 0.3 is 0 Å². The fraction of sp³-hybridized carbons (Fsp3) is 0.625. The van der Waals surface area contributed by atoms with Gasteiger partial charge < -0.3 is 10.2 Å². The maximum absolute atomic E-state index is 12.0. The van der Waals surface area contributed by atoms with Crippen molar-refractivity contribution in [1.29, 1.82) is 0 Å². The van der Waals surface area contributed by atoms with Crippen LogP contribution in [0, 0.1) is 0 Å². The fourth-order valence-electron chi connectivity index (χ4n) is 3.14. The molecule has 0 radical (unpaired) electrons. The first-order valence-corrected chi connectivity index (χ1v) is 8.85. The van der Waals surface area contributed by atoms with Crippen molar-refractivity contribution in [2.24, 2.45) is 0 Å². The molecule has 22 heavy (non-hydrogen) atoms. The summed E-state index contributed by atoms with van der Waals surface area (Å²) in [5.74, 6) is 0.0551. The van der Waals surface area contributed by atoms with Crippen molar-refractivity contribution in [2.45, 2.75) is 38.8 Å². The Hall–Kier alpha value is -1.40. The molecule has 2 aliphatic rings. The molecule has 0 unspecified atom stereocenters. The Balaban J connectivity index is 1.43. The number of hydrogen-bond acceptors (Lipinski definition) is 4. The lowest BCUT2D eigenvalue weighted by Gasteiger charge is -2.32. The van der Waals surface area contributed by atoms with Gasteiger partial charge in [-0.3, -0.25) is 14.5 Å². The van der Waals surface area contributed by atoms with Crippen LogP contribution < -0.4 is 5.32 Å². The lowest BCUT2D eigenvalue weighted by atomic mass is 10.1. The second kappa shape index (κ2) is 6.79. The molecule has 0 saturated carbocycles. The summed E-state index contributed by atoms with van der Waals surface area (Å²) in [4.78, 5) is 29.1. The van der Waals surface area contributed by atoms with Gasteiger partial charge in [0.15, 0.2) is 0 Å². The maximum Gasteiger partial charge on any atom is 0.239 e. The highest BCUT2D eigenvalue weighted by atomic mass is 32.1. The SMILES string of the molecule is C[C@H](CNC(=O)CN1CCCC1=O)N1CCc2sccc2C1. The fourth-order valence-corrected chi connectivity index (χ4v) is 4.03. The molecule has 0 spiro atoms. The third-order valence-electron chi connectivity index (χ3n) is 4.56. The molecule has 3 heterocycles. The Labute approximate surface area is 135 Å². The molecule has 5 nitrogen and oxygen atoms in total. The van der Waals surface area contributed by atoms with E-state index in [0.717, 1.165) is 32.5 Å². The van der Waals surface area contributed by atoms with Crippen LogP contribution in [-0.2, 0) is 22.6 Å². The third-order valence-corrected chi connectivity index (χ3v) is 5.58. The molecule has 1 aromatic heterocycles. The highest BCUT2D eigenvalue weighted by Gasteiger charge is 2.24. The van der Waals surface area contributed by atoms with E-state index in [2.05, 4.69) is 28.6 Å². The molecule has 6 heteroatoms. The normalized spacial score (nSPS) is 20.0. The number of thiophene rings is 1. The van der Waals surface area contributed by atoms with Crippen molar-refractivity contribution in [3.8, 4) is 0 Å². The molecule has 1 aromatic rings. The minimum absolute atomic E-state index is 0.0460. The quantitative estimate of drug-likeness (QED) is 0.887. The van der Waals surface area contributed by atoms with Gasteiger partial charge in [-0.1, -0.05) is 0 Å². The van der Waals surface area contributed by atoms with Gasteiger partial charge in [0.05, 0.1) is 6.54 Å². The van der Waals surface area contributed by atoms with Gasteiger partial charge in [-0.15, -0.1) is 11.3 Å². The summed E-state index contributed by atoms with van der Waals surface area (Å²) in [7, 11) is 0. The minimum atomic E-state index is -0.0460.